The number of nitrogens with one attached hydrogen (secondary N) is 2. The minimum atomic E-state index is 0.554. The largest absolute Gasteiger partial charge is 0.385 e. The molecule has 0 unspecified atom stereocenters. The third-order valence-corrected chi connectivity index (χ3v) is 2.06. The van der Waals surface area contributed by atoms with Gasteiger partial charge >= 0.3 is 0 Å². The predicted octanol–water partition coefficient (Wildman–Crippen LogP) is 0.428. The lowest BCUT2D eigenvalue weighted by atomic mass is 10.4. The maximum Gasteiger partial charge on any atom is 0.231 e. The van der Waals surface area contributed by atoms with Crippen LogP contribution in [0.3, 0.4) is 0 Å². The van der Waals surface area contributed by atoms with Gasteiger partial charge in [-0.05, 0) is 6.42 Å². The highest BCUT2D eigenvalue weighted by atomic mass is 16.5. The standard InChI is InChI=1S/C10H20N6O/c1-11-8-13-9(12-6-5-7-17-4)15-10(14-8)16(2)3/h5-7H2,1-4H3,(H2,11,12,13,14,15). The number of ether oxygens (including phenoxy) is 1. The second-order valence-corrected chi connectivity index (χ2v) is 3.70. The number of rotatable bonds is 7. The summed E-state index contributed by atoms with van der Waals surface area (Å²) in [6.07, 6.45) is 0.911. The van der Waals surface area contributed by atoms with E-state index in [9.17, 15) is 0 Å². The van der Waals surface area contributed by atoms with E-state index in [0.29, 0.717) is 17.8 Å². The summed E-state index contributed by atoms with van der Waals surface area (Å²) in [5.41, 5.74) is 0. The molecule has 0 spiro atoms. The number of aromatic nitrogens is 3. The van der Waals surface area contributed by atoms with Gasteiger partial charge < -0.3 is 20.3 Å². The molecule has 1 heterocycles. The van der Waals surface area contributed by atoms with Crippen molar-refractivity contribution in [1.82, 2.24) is 15.0 Å². The van der Waals surface area contributed by atoms with Gasteiger partial charge in [-0.1, -0.05) is 0 Å². The van der Waals surface area contributed by atoms with Crippen LogP contribution in [0.15, 0.2) is 0 Å². The number of hydrogen-bond donors (Lipinski definition) is 2. The normalized spacial score (nSPS) is 10.1. The van der Waals surface area contributed by atoms with Crippen molar-refractivity contribution in [2.24, 2.45) is 0 Å². The lowest BCUT2D eigenvalue weighted by Crippen LogP contribution is -2.17. The molecule has 0 aliphatic rings. The molecule has 2 N–H and O–H groups in total. The van der Waals surface area contributed by atoms with Gasteiger partial charge in [0.1, 0.15) is 0 Å². The number of methoxy groups -OCH3 is 1. The molecule has 17 heavy (non-hydrogen) atoms. The highest BCUT2D eigenvalue weighted by Gasteiger charge is 2.06. The number of nitrogens with zero attached hydrogens (tertiary/aromatic N) is 4. The van der Waals surface area contributed by atoms with Crippen LogP contribution in [0.25, 0.3) is 0 Å². The third kappa shape index (κ3) is 4.39. The van der Waals surface area contributed by atoms with Gasteiger partial charge in [-0.3, -0.25) is 0 Å². The molecule has 0 aliphatic carbocycles. The van der Waals surface area contributed by atoms with Crippen molar-refractivity contribution in [2.45, 2.75) is 6.42 Å². The van der Waals surface area contributed by atoms with Gasteiger partial charge in [0.25, 0.3) is 0 Å². The monoisotopic (exact) mass is 240 g/mol. The zero-order chi connectivity index (χ0) is 12.7. The SMILES string of the molecule is CNc1nc(NCCCOC)nc(N(C)C)n1. The predicted molar refractivity (Wildman–Crippen MR) is 68.7 cm³/mol. The van der Waals surface area contributed by atoms with Crippen LogP contribution >= 0.6 is 0 Å². The van der Waals surface area contributed by atoms with Crippen LogP contribution in [-0.4, -0.2) is 56.4 Å². The molecule has 0 bridgehead atoms. The van der Waals surface area contributed by atoms with Crippen LogP contribution in [0.2, 0.25) is 0 Å². The fraction of sp³-hybridized carbons (Fsp3) is 0.700. The Bertz CT molecular complexity index is 344. The number of anilines is 3. The maximum absolute atomic E-state index is 4.97. The summed E-state index contributed by atoms with van der Waals surface area (Å²) in [6.45, 7) is 1.49. The minimum Gasteiger partial charge on any atom is -0.385 e. The molecular formula is C10H20N6O. The van der Waals surface area contributed by atoms with Gasteiger partial charge in [0.2, 0.25) is 17.8 Å². The molecule has 1 rings (SSSR count). The molecular weight excluding hydrogens is 220 g/mol. The first-order chi connectivity index (χ1) is 8.17. The number of hydrogen-bond acceptors (Lipinski definition) is 7. The Kier molecular flexibility index (Phi) is 5.41. The summed E-state index contributed by atoms with van der Waals surface area (Å²) in [6, 6.07) is 0. The van der Waals surface area contributed by atoms with E-state index in [2.05, 4.69) is 25.6 Å². The van der Waals surface area contributed by atoms with Crippen molar-refractivity contribution >= 4 is 17.8 Å². The molecule has 0 saturated carbocycles. The fourth-order valence-electron chi connectivity index (χ4n) is 1.17. The molecule has 0 amide bonds. The molecule has 0 aliphatic heterocycles. The first-order valence-corrected chi connectivity index (χ1v) is 5.51. The summed E-state index contributed by atoms with van der Waals surface area (Å²) < 4.78 is 4.97. The maximum atomic E-state index is 4.97. The van der Waals surface area contributed by atoms with Gasteiger partial charge in [-0.2, -0.15) is 15.0 Å². The van der Waals surface area contributed by atoms with Gasteiger partial charge in [-0.15, -0.1) is 0 Å². The molecule has 7 heteroatoms. The van der Waals surface area contributed by atoms with E-state index in [1.807, 2.05) is 19.0 Å². The van der Waals surface area contributed by atoms with E-state index in [1.165, 1.54) is 0 Å². The van der Waals surface area contributed by atoms with Crippen LogP contribution in [0, 0.1) is 0 Å². The van der Waals surface area contributed by atoms with Crippen molar-refractivity contribution in [3.63, 3.8) is 0 Å². The Morgan fingerprint density at radius 2 is 1.88 bits per heavy atom. The molecule has 0 fully saturated rings. The Balaban J connectivity index is 2.66. The Hall–Kier alpha value is -1.63. The van der Waals surface area contributed by atoms with E-state index in [4.69, 9.17) is 4.74 Å². The highest BCUT2D eigenvalue weighted by Crippen LogP contribution is 2.10. The molecule has 0 aromatic carbocycles. The molecule has 0 atom stereocenters. The van der Waals surface area contributed by atoms with Crippen LogP contribution < -0.4 is 15.5 Å². The zero-order valence-electron chi connectivity index (χ0n) is 10.8. The average molecular weight is 240 g/mol. The molecule has 96 valence electrons. The van der Waals surface area contributed by atoms with Gasteiger partial charge in [0, 0.05) is 41.4 Å². The third-order valence-electron chi connectivity index (χ3n) is 2.06. The molecule has 1 aromatic heterocycles. The Labute approximate surface area is 102 Å². The Morgan fingerprint density at radius 3 is 2.47 bits per heavy atom. The van der Waals surface area contributed by atoms with E-state index in [0.717, 1.165) is 19.6 Å². The van der Waals surface area contributed by atoms with E-state index in [1.54, 1.807) is 14.2 Å². The fourth-order valence-corrected chi connectivity index (χ4v) is 1.17. The average Bonchev–Trinajstić information content (AvgIpc) is 2.34. The lowest BCUT2D eigenvalue weighted by molar-refractivity contribution is 0.197. The van der Waals surface area contributed by atoms with E-state index < -0.39 is 0 Å². The van der Waals surface area contributed by atoms with Gasteiger partial charge in [-0.25, -0.2) is 0 Å². The van der Waals surface area contributed by atoms with Crippen molar-refractivity contribution in [3.8, 4) is 0 Å². The quantitative estimate of drug-likeness (QED) is 0.669. The lowest BCUT2D eigenvalue weighted by Gasteiger charge is -2.13. The van der Waals surface area contributed by atoms with E-state index in [-0.39, 0.29) is 0 Å². The summed E-state index contributed by atoms with van der Waals surface area (Å²) in [7, 11) is 7.25. The van der Waals surface area contributed by atoms with Crippen molar-refractivity contribution < 1.29 is 4.74 Å². The van der Waals surface area contributed by atoms with Crippen molar-refractivity contribution in [2.75, 3.05) is 56.9 Å². The summed E-state index contributed by atoms with van der Waals surface area (Å²) in [5, 5.41) is 6.05. The zero-order valence-corrected chi connectivity index (χ0v) is 10.8. The molecule has 7 nitrogen and oxygen atoms in total. The second kappa shape index (κ2) is 6.85. The van der Waals surface area contributed by atoms with E-state index >= 15 is 0 Å². The van der Waals surface area contributed by atoms with Crippen LogP contribution in [0.1, 0.15) is 6.42 Å². The first-order valence-electron chi connectivity index (χ1n) is 5.51. The molecule has 0 saturated heterocycles. The minimum absolute atomic E-state index is 0.554. The van der Waals surface area contributed by atoms with Crippen LogP contribution in [0.4, 0.5) is 17.8 Å². The van der Waals surface area contributed by atoms with Gasteiger partial charge in [0.05, 0.1) is 0 Å². The second-order valence-electron chi connectivity index (χ2n) is 3.70. The summed E-state index contributed by atoms with van der Waals surface area (Å²) in [4.78, 5) is 14.6. The summed E-state index contributed by atoms with van der Waals surface area (Å²) in [5.74, 6) is 1.75. The van der Waals surface area contributed by atoms with Gasteiger partial charge in [0.15, 0.2) is 0 Å². The smallest absolute Gasteiger partial charge is 0.231 e. The highest BCUT2D eigenvalue weighted by molar-refractivity contribution is 5.42. The van der Waals surface area contributed by atoms with Crippen molar-refractivity contribution in [3.05, 3.63) is 0 Å². The van der Waals surface area contributed by atoms with Crippen molar-refractivity contribution in [1.29, 1.82) is 0 Å². The van der Waals surface area contributed by atoms with Crippen LogP contribution in [-0.2, 0) is 4.74 Å². The molecule has 1 aromatic rings. The van der Waals surface area contributed by atoms with Crippen LogP contribution in [0.5, 0.6) is 0 Å². The Morgan fingerprint density at radius 1 is 1.18 bits per heavy atom. The molecule has 0 radical (unpaired) electrons. The summed E-state index contributed by atoms with van der Waals surface area (Å²) >= 11 is 0. The first kappa shape index (κ1) is 13.4. The topological polar surface area (TPSA) is 75.2 Å².